The van der Waals surface area contributed by atoms with E-state index < -0.39 is 0 Å². The summed E-state index contributed by atoms with van der Waals surface area (Å²) in [5.74, 6) is 2.93. The van der Waals surface area contributed by atoms with E-state index in [1.807, 2.05) is 25.1 Å². The van der Waals surface area contributed by atoms with E-state index in [1.54, 1.807) is 0 Å². The minimum Gasteiger partial charge on any atom is -0.486 e. The topological polar surface area (TPSA) is 69.4 Å². The Balaban J connectivity index is 1.62. The van der Waals surface area contributed by atoms with Crippen LogP contribution in [0, 0.1) is 0 Å². The van der Waals surface area contributed by atoms with Gasteiger partial charge in [0.05, 0.1) is 6.04 Å². The maximum absolute atomic E-state index is 5.60. The van der Waals surface area contributed by atoms with Crippen molar-refractivity contribution < 1.29 is 14.0 Å². The average molecular weight is 317 g/mol. The van der Waals surface area contributed by atoms with Gasteiger partial charge in [0.2, 0.25) is 5.89 Å². The predicted octanol–water partition coefficient (Wildman–Crippen LogP) is 2.99. The van der Waals surface area contributed by atoms with E-state index in [-0.39, 0.29) is 11.5 Å². The van der Waals surface area contributed by atoms with Gasteiger partial charge >= 0.3 is 0 Å². The van der Waals surface area contributed by atoms with Gasteiger partial charge in [0.1, 0.15) is 13.2 Å². The van der Waals surface area contributed by atoms with Crippen LogP contribution >= 0.6 is 0 Å². The van der Waals surface area contributed by atoms with Gasteiger partial charge in [0.25, 0.3) is 0 Å². The fourth-order valence-electron chi connectivity index (χ4n) is 2.27. The van der Waals surface area contributed by atoms with E-state index in [2.05, 4.69) is 36.2 Å². The SMILES string of the molecule is CC(NCc1ccc2c(c1)OCCO2)c1nc(C(C)(C)C)no1. The van der Waals surface area contributed by atoms with Gasteiger partial charge in [0, 0.05) is 12.0 Å². The molecule has 0 saturated heterocycles. The molecule has 1 N–H and O–H groups in total. The molecule has 6 nitrogen and oxygen atoms in total. The van der Waals surface area contributed by atoms with Gasteiger partial charge in [-0.2, -0.15) is 4.98 Å². The summed E-state index contributed by atoms with van der Waals surface area (Å²) >= 11 is 0. The third kappa shape index (κ3) is 3.64. The van der Waals surface area contributed by atoms with Gasteiger partial charge < -0.3 is 19.3 Å². The smallest absolute Gasteiger partial charge is 0.243 e. The van der Waals surface area contributed by atoms with Crippen molar-refractivity contribution >= 4 is 0 Å². The first-order chi connectivity index (χ1) is 10.9. The third-order valence-corrected chi connectivity index (χ3v) is 3.70. The molecule has 124 valence electrons. The second-order valence-electron chi connectivity index (χ2n) is 6.79. The summed E-state index contributed by atoms with van der Waals surface area (Å²) < 4.78 is 16.5. The monoisotopic (exact) mass is 317 g/mol. The lowest BCUT2D eigenvalue weighted by molar-refractivity contribution is 0.171. The molecule has 1 aromatic heterocycles. The molecular weight excluding hydrogens is 294 g/mol. The molecular formula is C17H23N3O3. The Morgan fingerprint density at radius 3 is 2.61 bits per heavy atom. The second-order valence-corrected chi connectivity index (χ2v) is 6.79. The standard InChI is InChI=1S/C17H23N3O3/c1-11(15-19-16(20-23-15)17(2,3)4)18-10-12-5-6-13-14(9-12)22-8-7-21-13/h5-6,9,11,18H,7-8,10H2,1-4H3. The van der Waals surface area contributed by atoms with Gasteiger partial charge in [-0.3, -0.25) is 0 Å². The number of nitrogens with zero attached hydrogens (tertiary/aromatic N) is 2. The zero-order chi connectivity index (χ0) is 16.4. The number of ether oxygens (including phenoxy) is 2. The lowest BCUT2D eigenvalue weighted by atomic mass is 9.96. The molecule has 0 bridgehead atoms. The van der Waals surface area contributed by atoms with Gasteiger partial charge in [-0.25, -0.2) is 0 Å². The van der Waals surface area contributed by atoms with Crippen molar-refractivity contribution in [3.8, 4) is 11.5 Å². The van der Waals surface area contributed by atoms with Gasteiger partial charge in [-0.15, -0.1) is 0 Å². The Bertz CT molecular complexity index is 676. The van der Waals surface area contributed by atoms with Crippen LogP contribution in [0.15, 0.2) is 22.7 Å². The summed E-state index contributed by atoms with van der Waals surface area (Å²) in [5, 5.41) is 7.45. The van der Waals surface area contributed by atoms with E-state index in [9.17, 15) is 0 Å². The number of nitrogens with one attached hydrogen (secondary N) is 1. The largest absolute Gasteiger partial charge is 0.486 e. The van der Waals surface area contributed by atoms with Crippen molar-refractivity contribution in [2.45, 2.75) is 45.7 Å². The number of aromatic nitrogens is 2. The Hall–Kier alpha value is -2.08. The summed E-state index contributed by atoms with van der Waals surface area (Å²) in [7, 11) is 0. The Kier molecular flexibility index (Phi) is 4.26. The maximum atomic E-state index is 5.60. The lowest BCUT2D eigenvalue weighted by Crippen LogP contribution is -2.20. The molecule has 0 spiro atoms. The summed E-state index contributed by atoms with van der Waals surface area (Å²) in [6.07, 6.45) is 0. The quantitative estimate of drug-likeness (QED) is 0.935. The van der Waals surface area contributed by atoms with Crippen molar-refractivity contribution in [2.75, 3.05) is 13.2 Å². The average Bonchev–Trinajstić information content (AvgIpc) is 3.02. The number of benzene rings is 1. The van der Waals surface area contributed by atoms with E-state index in [0.29, 0.717) is 25.6 Å². The van der Waals surface area contributed by atoms with Gasteiger partial charge in [-0.05, 0) is 24.6 Å². The first kappa shape index (κ1) is 15.8. The number of rotatable bonds is 4. The minimum absolute atomic E-state index is 0.0215. The number of fused-ring (bicyclic) bond motifs is 1. The molecule has 0 aliphatic carbocycles. The molecule has 1 aromatic carbocycles. The highest BCUT2D eigenvalue weighted by Gasteiger charge is 2.23. The minimum atomic E-state index is -0.114. The zero-order valence-electron chi connectivity index (χ0n) is 14.0. The van der Waals surface area contributed by atoms with Crippen LogP contribution in [0.1, 0.15) is 51.0 Å². The van der Waals surface area contributed by atoms with E-state index in [1.165, 1.54) is 0 Å². The van der Waals surface area contributed by atoms with Crippen LogP contribution in [0.3, 0.4) is 0 Å². The molecule has 2 heterocycles. The van der Waals surface area contributed by atoms with Gasteiger partial charge in [0.15, 0.2) is 17.3 Å². The fourth-order valence-corrected chi connectivity index (χ4v) is 2.27. The molecule has 1 aliphatic heterocycles. The summed E-state index contributed by atoms with van der Waals surface area (Å²) in [4.78, 5) is 4.48. The van der Waals surface area contributed by atoms with Gasteiger partial charge in [-0.1, -0.05) is 32.0 Å². The summed E-state index contributed by atoms with van der Waals surface area (Å²) in [6.45, 7) is 10.1. The van der Waals surface area contributed by atoms with Crippen LogP contribution in [-0.2, 0) is 12.0 Å². The van der Waals surface area contributed by atoms with Crippen molar-refractivity contribution in [2.24, 2.45) is 0 Å². The molecule has 3 rings (SSSR count). The molecule has 0 amide bonds. The van der Waals surface area contributed by atoms with Crippen LogP contribution in [0.4, 0.5) is 0 Å². The highest BCUT2D eigenvalue weighted by atomic mass is 16.6. The molecule has 23 heavy (non-hydrogen) atoms. The van der Waals surface area contributed by atoms with E-state index in [0.717, 1.165) is 22.9 Å². The fraction of sp³-hybridized carbons (Fsp3) is 0.529. The molecule has 2 aromatic rings. The zero-order valence-corrected chi connectivity index (χ0v) is 14.0. The maximum Gasteiger partial charge on any atom is 0.243 e. The first-order valence-corrected chi connectivity index (χ1v) is 7.89. The second kappa shape index (κ2) is 6.20. The number of hydrogen-bond acceptors (Lipinski definition) is 6. The molecule has 6 heteroatoms. The van der Waals surface area contributed by atoms with Crippen LogP contribution in [0.5, 0.6) is 11.5 Å². The Morgan fingerprint density at radius 2 is 1.91 bits per heavy atom. The normalized spacial score (nSPS) is 15.5. The predicted molar refractivity (Wildman–Crippen MR) is 85.7 cm³/mol. The van der Waals surface area contributed by atoms with Crippen LogP contribution in [0.2, 0.25) is 0 Å². The molecule has 1 atom stereocenters. The lowest BCUT2D eigenvalue weighted by Gasteiger charge is -2.19. The van der Waals surface area contributed by atoms with Crippen LogP contribution < -0.4 is 14.8 Å². The van der Waals surface area contributed by atoms with E-state index >= 15 is 0 Å². The van der Waals surface area contributed by atoms with Crippen LogP contribution in [-0.4, -0.2) is 23.4 Å². The summed E-state index contributed by atoms with van der Waals surface area (Å²) in [5.41, 5.74) is 1.01. The summed E-state index contributed by atoms with van der Waals surface area (Å²) in [6, 6.07) is 5.96. The molecule has 0 saturated carbocycles. The Labute approximate surface area is 136 Å². The van der Waals surface area contributed by atoms with Crippen molar-refractivity contribution in [1.82, 2.24) is 15.5 Å². The number of hydrogen-bond donors (Lipinski definition) is 1. The highest BCUT2D eigenvalue weighted by Crippen LogP contribution is 2.30. The highest BCUT2D eigenvalue weighted by molar-refractivity contribution is 5.43. The third-order valence-electron chi connectivity index (χ3n) is 3.70. The van der Waals surface area contributed by atoms with Crippen LogP contribution in [0.25, 0.3) is 0 Å². The van der Waals surface area contributed by atoms with Crippen molar-refractivity contribution in [3.63, 3.8) is 0 Å². The van der Waals surface area contributed by atoms with Crippen molar-refractivity contribution in [3.05, 3.63) is 35.5 Å². The Morgan fingerprint density at radius 1 is 1.17 bits per heavy atom. The molecule has 1 aliphatic rings. The van der Waals surface area contributed by atoms with E-state index in [4.69, 9.17) is 14.0 Å². The molecule has 0 fully saturated rings. The van der Waals surface area contributed by atoms with Crippen molar-refractivity contribution in [1.29, 1.82) is 0 Å². The first-order valence-electron chi connectivity index (χ1n) is 7.89. The molecule has 1 unspecified atom stereocenters. The molecule has 0 radical (unpaired) electrons.